The molecule has 0 unspecified atom stereocenters. The zero-order valence-electron chi connectivity index (χ0n) is 7.81. The summed E-state index contributed by atoms with van der Waals surface area (Å²) < 4.78 is 12.8. The van der Waals surface area contributed by atoms with Gasteiger partial charge in [-0.3, -0.25) is 4.79 Å². The Kier molecular flexibility index (Phi) is 3.89. The van der Waals surface area contributed by atoms with Crippen molar-refractivity contribution < 1.29 is 9.18 Å². The molecule has 2 nitrogen and oxygen atoms in total. The number of halogens is 2. The highest BCUT2D eigenvalue weighted by molar-refractivity contribution is 6.18. The second-order valence-electron chi connectivity index (χ2n) is 2.90. The van der Waals surface area contributed by atoms with Gasteiger partial charge in [0.25, 0.3) is 5.91 Å². The van der Waals surface area contributed by atoms with Gasteiger partial charge < -0.3 is 5.32 Å². The number of carbonyl (C=O) groups excluding carboxylic acids is 1. The van der Waals surface area contributed by atoms with E-state index in [-0.39, 0.29) is 5.91 Å². The molecule has 1 aromatic rings. The van der Waals surface area contributed by atoms with Crippen LogP contribution in [0.4, 0.5) is 4.39 Å². The Morgan fingerprint density at radius 3 is 2.93 bits per heavy atom. The minimum Gasteiger partial charge on any atom is -0.351 e. The topological polar surface area (TPSA) is 29.1 Å². The molecule has 0 bridgehead atoms. The van der Waals surface area contributed by atoms with E-state index in [0.717, 1.165) is 5.56 Å². The van der Waals surface area contributed by atoms with Crippen molar-refractivity contribution in [1.82, 2.24) is 5.32 Å². The normalized spacial score (nSPS) is 9.93. The molecule has 0 atom stereocenters. The largest absolute Gasteiger partial charge is 0.351 e. The first kappa shape index (κ1) is 11.0. The number of hydrogen-bond acceptors (Lipinski definition) is 1. The van der Waals surface area contributed by atoms with Crippen molar-refractivity contribution in [3.8, 4) is 0 Å². The minimum absolute atomic E-state index is 0.289. The predicted octanol–water partition coefficient (Wildman–Crippen LogP) is 2.10. The van der Waals surface area contributed by atoms with Gasteiger partial charge in [-0.25, -0.2) is 4.39 Å². The van der Waals surface area contributed by atoms with Crippen LogP contribution in [0.15, 0.2) is 18.2 Å². The molecule has 1 aromatic carbocycles. The SMILES string of the molecule is Cc1ccc(F)cc1C(=O)NCCCl. The van der Waals surface area contributed by atoms with Crippen LogP contribution in [-0.4, -0.2) is 18.3 Å². The molecular weight excluding hydrogens is 205 g/mol. The second-order valence-corrected chi connectivity index (χ2v) is 3.28. The number of benzene rings is 1. The molecule has 0 aromatic heterocycles. The molecule has 0 saturated carbocycles. The lowest BCUT2D eigenvalue weighted by atomic mass is 10.1. The van der Waals surface area contributed by atoms with E-state index in [0.29, 0.717) is 18.0 Å². The van der Waals surface area contributed by atoms with Crippen molar-refractivity contribution in [3.63, 3.8) is 0 Å². The van der Waals surface area contributed by atoms with Gasteiger partial charge in [-0.15, -0.1) is 11.6 Å². The summed E-state index contributed by atoms with van der Waals surface area (Å²) in [6.45, 7) is 2.14. The van der Waals surface area contributed by atoms with Gasteiger partial charge in [0, 0.05) is 18.0 Å². The Labute approximate surface area is 87.1 Å². The van der Waals surface area contributed by atoms with Gasteiger partial charge in [0.15, 0.2) is 0 Å². The van der Waals surface area contributed by atoms with E-state index in [1.807, 2.05) is 0 Å². The van der Waals surface area contributed by atoms with E-state index >= 15 is 0 Å². The molecule has 0 heterocycles. The van der Waals surface area contributed by atoms with Crippen molar-refractivity contribution >= 4 is 17.5 Å². The molecule has 0 radical (unpaired) electrons. The van der Waals surface area contributed by atoms with E-state index in [2.05, 4.69) is 5.32 Å². The van der Waals surface area contributed by atoms with Gasteiger partial charge in [-0.1, -0.05) is 6.07 Å². The van der Waals surface area contributed by atoms with Crippen LogP contribution in [0.5, 0.6) is 0 Å². The Hall–Kier alpha value is -1.09. The van der Waals surface area contributed by atoms with Crippen LogP contribution < -0.4 is 5.32 Å². The maximum atomic E-state index is 12.8. The van der Waals surface area contributed by atoms with Crippen molar-refractivity contribution in [2.75, 3.05) is 12.4 Å². The average molecular weight is 216 g/mol. The minimum atomic E-state index is -0.411. The van der Waals surface area contributed by atoms with E-state index in [1.54, 1.807) is 13.0 Å². The van der Waals surface area contributed by atoms with Gasteiger partial charge in [0.1, 0.15) is 5.82 Å². The number of aryl methyl sites for hydroxylation is 1. The van der Waals surface area contributed by atoms with Crippen molar-refractivity contribution in [3.05, 3.63) is 35.1 Å². The van der Waals surface area contributed by atoms with E-state index in [9.17, 15) is 9.18 Å². The number of hydrogen-bond donors (Lipinski definition) is 1. The summed E-state index contributed by atoms with van der Waals surface area (Å²) in [7, 11) is 0. The van der Waals surface area contributed by atoms with Crippen LogP contribution in [0.3, 0.4) is 0 Å². The number of nitrogens with one attached hydrogen (secondary N) is 1. The Balaban J connectivity index is 2.83. The lowest BCUT2D eigenvalue weighted by Gasteiger charge is -2.05. The fourth-order valence-electron chi connectivity index (χ4n) is 1.09. The number of amides is 1. The highest BCUT2D eigenvalue weighted by atomic mass is 35.5. The summed E-state index contributed by atoms with van der Waals surface area (Å²) in [5.41, 5.74) is 1.11. The van der Waals surface area contributed by atoms with Crippen LogP contribution in [0, 0.1) is 12.7 Å². The van der Waals surface area contributed by atoms with E-state index in [4.69, 9.17) is 11.6 Å². The summed E-state index contributed by atoms with van der Waals surface area (Å²) in [5, 5.41) is 2.58. The van der Waals surface area contributed by atoms with Gasteiger partial charge in [0.2, 0.25) is 0 Å². The third-order valence-electron chi connectivity index (χ3n) is 1.82. The summed E-state index contributed by atoms with van der Waals surface area (Å²) in [4.78, 5) is 11.4. The van der Waals surface area contributed by atoms with Crippen LogP contribution in [0.25, 0.3) is 0 Å². The molecule has 0 fully saturated rings. The predicted molar refractivity (Wildman–Crippen MR) is 54.2 cm³/mol. The monoisotopic (exact) mass is 215 g/mol. The lowest BCUT2D eigenvalue weighted by molar-refractivity contribution is 0.0955. The highest BCUT2D eigenvalue weighted by Gasteiger charge is 2.08. The summed E-state index contributed by atoms with van der Waals surface area (Å²) in [6.07, 6.45) is 0. The van der Waals surface area contributed by atoms with Crippen molar-refractivity contribution in [1.29, 1.82) is 0 Å². The molecule has 1 N–H and O–H groups in total. The zero-order chi connectivity index (χ0) is 10.6. The van der Waals surface area contributed by atoms with Crippen LogP contribution >= 0.6 is 11.6 Å². The summed E-state index contributed by atoms with van der Waals surface area (Å²) in [5.74, 6) is -0.352. The number of rotatable bonds is 3. The quantitative estimate of drug-likeness (QED) is 0.769. The van der Waals surface area contributed by atoms with E-state index < -0.39 is 5.82 Å². The first-order valence-corrected chi connectivity index (χ1v) is 4.79. The molecule has 0 aliphatic rings. The van der Waals surface area contributed by atoms with Gasteiger partial charge in [-0.05, 0) is 24.6 Å². The van der Waals surface area contributed by atoms with Crippen LogP contribution in [-0.2, 0) is 0 Å². The Morgan fingerprint density at radius 2 is 2.29 bits per heavy atom. The second kappa shape index (κ2) is 4.96. The fourth-order valence-corrected chi connectivity index (χ4v) is 1.19. The third kappa shape index (κ3) is 2.70. The molecular formula is C10H11ClFNO. The van der Waals surface area contributed by atoms with Crippen LogP contribution in [0.2, 0.25) is 0 Å². The molecule has 0 aliphatic carbocycles. The molecule has 76 valence electrons. The highest BCUT2D eigenvalue weighted by Crippen LogP contribution is 2.09. The lowest BCUT2D eigenvalue weighted by Crippen LogP contribution is -2.26. The molecule has 0 saturated heterocycles. The molecule has 4 heteroatoms. The van der Waals surface area contributed by atoms with Crippen molar-refractivity contribution in [2.45, 2.75) is 6.92 Å². The Morgan fingerprint density at radius 1 is 1.57 bits per heavy atom. The molecule has 1 rings (SSSR count). The zero-order valence-corrected chi connectivity index (χ0v) is 8.57. The maximum Gasteiger partial charge on any atom is 0.251 e. The van der Waals surface area contributed by atoms with Gasteiger partial charge in [0.05, 0.1) is 0 Å². The molecule has 0 aliphatic heterocycles. The first-order chi connectivity index (χ1) is 6.65. The van der Waals surface area contributed by atoms with Crippen molar-refractivity contribution in [2.24, 2.45) is 0 Å². The first-order valence-electron chi connectivity index (χ1n) is 4.25. The van der Waals surface area contributed by atoms with Gasteiger partial charge >= 0.3 is 0 Å². The summed E-state index contributed by atoms with van der Waals surface area (Å²) >= 11 is 5.42. The Bertz CT molecular complexity index is 341. The van der Waals surface area contributed by atoms with Gasteiger partial charge in [-0.2, -0.15) is 0 Å². The molecule has 14 heavy (non-hydrogen) atoms. The number of carbonyl (C=O) groups is 1. The number of alkyl halides is 1. The van der Waals surface area contributed by atoms with Crippen LogP contribution in [0.1, 0.15) is 15.9 Å². The molecule has 0 spiro atoms. The third-order valence-corrected chi connectivity index (χ3v) is 2.01. The summed E-state index contributed by atoms with van der Waals surface area (Å²) in [6, 6.07) is 4.12. The van der Waals surface area contributed by atoms with E-state index in [1.165, 1.54) is 12.1 Å². The average Bonchev–Trinajstić information content (AvgIpc) is 2.18. The smallest absolute Gasteiger partial charge is 0.251 e. The maximum absolute atomic E-state index is 12.8. The fraction of sp³-hybridized carbons (Fsp3) is 0.300. The standard InChI is InChI=1S/C10H11ClFNO/c1-7-2-3-8(12)6-9(7)10(14)13-5-4-11/h2-3,6H,4-5H2,1H3,(H,13,14). The molecule has 1 amide bonds.